The summed E-state index contributed by atoms with van der Waals surface area (Å²) in [4.78, 5) is 14.0. The van der Waals surface area contributed by atoms with Crippen LogP contribution in [0.25, 0.3) is 0 Å². The van der Waals surface area contributed by atoms with Crippen molar-refractivity contribution in [2.24, 2.45) is 0 Å². The molecule has 0 bridgehead atoms. The largest absolute Gasteiger partial charge is 0.330 e. The van der Waals surface area contributed by atoms with E-state index >= 15 is 0 Å². The van der Waals surface area contributed by atoms with Gasteiger partial charge in [0.05, 0.1) is 13.1 Å². The fraction of sp³-hybridized carbons (Fsp3) is 0.345. The molecule has 0 aromatic heterocycles. The molecule has 1 N–H and O–H groups in total. The number of hydrogen-bond donors (Lipinski definition) is 1. The summed E-state index contributed by atoms with van der Waals surface area (Å²) >= 11 is 1.71. The zero-order valence-corrected chi connectivity index (χ0v) is 23.8. The van der Waals surface area contributed by atoms with Crippen molar-refractivity contribution in [1.29, 1.82) is 0 Å². The fourth-order valence-electron chi connectivity index (χ4n) is 4.79. The van der Waals surface area contributed by atoms with Gasteiger partial charge in [-0.2, -0.15) is 0 Å². The normalized spacial score (nSPS) is 14.0. The van der Waals surface area contributed by atoms with Crippen LogP contribution < -0.4 is 9.62 Å². The van der Waals surface area contributed by atoms with Gasteiger partial charge < -0.3 is 9.62 Å². The van der Waals surface area contributed by atoms with Gasteiger partial charge in [-0.1, -0.05) is 55.5 Å². The third-order valence-corrected chi connectivity index (χ3v) is 8.29. The molecule has 4 rings (SSSR count). The molecule has 4 nitrogen and oxygen atoms in total. The van der Waals surface area contributed by atoms with Gasteiger partial charge in [0.1, 0.15) is 4.90 Å². The van der Waals surface area contributed by atoms with Crippen LogP contribution in [0.3, 0.4) is 0 Å². The molecule has 3 aromatic rings. The number of amides is 1. The van der Waals surface area contributed by atoms with Crippen molar-refractivity contribution in [2.75, 3.05) is 29.5 Å². The highest BCUT2D eigenvalue weighted by molar-refractivity contribution is 7.99. The SMILES string of the molecule is CSNc1ccc(N(Cc2ccc(C3CCCCC3)cc2)C(=O)CN(C)Sc2c(F)c(F)c(F)c(F)c2F)cc1. The molecule has 1 saturated carbocycles. The molecule has 3 aromatic carbocycles. The first-order chi connectivity index (χ1) is 19.2. The quantitative estimate of drug-likeness (QED) is 0.110. The van der Waals surface area contributed by atoms with Crippen LogP contribution in [0.4, 0.5) is 33.3 Å². The summed E-state index contributed by atoms with van der Waals surface area (Å²) in [6.45, 7) is -0.116. The Balaban J connectivity index is 1.53. The van der Waals surface area contributed by atoms with Crippen LogP contribution in [0.15, 0.2) is 53.4 Å². The molecule has 0 radical (unpaired) electrons. The first-order valence-corrected chi connectivity index (χ1v) is 14.9. The highest BCUT2D eigenvalue weighted by Gasteiger charge is 2.28. The Morgan fingerprint density at radius 2 is 1.43 bits per heavy atom. The number of carbonyl (C=O) groups excluding carboxylic acids is 1. The van der Waals surface area contributed by atoms with Crippen molar-refractivity contribution in [1.82, 2.24) is 4.31 Å². The number of anilines is 2. The highest BCUT2D eigenvalue weighted by atomic mass is 32.2. The van der Waals surface area contributed by atoms with E-state index in [0.717, 1.165) is 15.6 Å². The van der Waals surface area contributed by atoms with Crippen molar-refractivity contribution in [3.8, 4) is 0 Å². The van der Waals surface area contributed by atoms with E-state index < -0.39 is 39.9 Å². The van der Waals surface area contributed by atoms with E-state index in [0.29, 0.717) is 11.6 Å². The average Bonchev–Trinajstić information content (AvgIpc) is 2.97. The Labute approximate surface area is 239 Å². The summed E-state index contributed by atoms with van der Waals surface area (Å²) in [5.74, 6) is -10.0. The summed E-state index contributed by atoms with van der Waals surface area (Å²) in [6.07, 6.45) is 7.97. The number of likely N-dealkylation sites (N-methyl/N-ethyl adjacent to an activating group) is 1. The molecular formula is C29H30F5N3OS2. The van der Waals surface area contributed by atoms with E-state index in [1.165, 1.54) is 61.6 Å². The molecule has 0 saturated heterocycles. The standard InChI is InChI=1S/C29H30F5N3OS2/c1-36(40-29-27(33)25(31)24(30)26(32)28(29)34)17-23(38)37(22-14-12-21(13-15-22)35-39-2)16-18-8-10-20(11-9-18)19-6-4-3-5-7-19/h8-15,19,35H,3-7,16-17H2,1-2H3. The van der Waals surface area contributed by atoms with E-state index in [4.69, 9.17) is 0 Å². The lowest BCUT2D eigenvalue weighted by molar-refractivity contribution is -0.118. The van der Waals surface area contributed by atoms with Crippen molar-refractivity contribution in [3.05, 3.63) is 88.7 Å². The maximum absolute atomic E-state index is 14.2. The van der Waals surface area contributed by atoms with Crippen LogP contribution >= 0.6 is 23.9 Å². The van der Waals surface area contributed by atoms with Crippen LogP contribution in [-0.4, -0.2) is 30.1 Å². The second-order valence-corrected chi connectivity index (χ2v) is 11.5. The highest BCUT2D eigenvalue weighted by Crippen LogP contribution is 2.34. The molecule has 0 aliphatic heterocycles. The van der Waals surface area contributed by atoms with E-state index in [1.54, 1.807) is 12.1 Å². The second kappa shape index (κ2) is 13.7. The number of benzene rings is 3. The lowest BCUT2D eigenvalue weighted by Crippen LogP contribution is -2.37. The topological polar surface area (TPSA) is 35.6 Å². The van der Waals surface area contributed by atoms with E-state index in [-0.39, 0.29) is 25.0 Å². The number of rotatable bonds is 10. The summed E-state index contributed by atoms with van der Waals surface area (Å²) in [5, 5.41) is 0. The Bertz CT molecular complexity index is 1290. The molecule has 0 unspecified atom stereocenters. The first-order valence-electron chi connectivity index (χ1n) is 12.9. The number of hydrogen-bond acceptors (Lipinski definition) is 5. The number of carbonyl (C=O) groups is 1. The zero-order chi connectivity index (χ0) is 28.8. The molecule has 214 valence electrons. The van der Waals surface area contributed by atoms with Crippen molar-refractivity contribution >= 4 is 41.2 Å². The van der Waals surface area contributed by atoms with Gasteiger partial charge in [-0.25, -0.2) is 26.3 Å². The first kappa shape index (κ1) is 30.2. The summed E-state index contributed by atoms with van der Waals surface area (Å²) in [5.41, 5.74) is 3.63. The number of nitrogens with zero attached hydrogens (tertiary/aromatic N) is 2. The minimum atomic E-state index is -2.22. The van der Waals surface area contributed by atoms with E-state index in [9.17, 15) is 26.7 Å². The van der Waals surface area contributed by atoms with Gasteiger partial charge in [0.25, 0.3) is 0 Å². The van der Waals surface area contributed by atoms with Gasteiger partial charge in [0.15, 0.2) is 23.3 Å². The Hall–Kier alpha value is -2.76. The number of nitrogens with one attached hydrogen (secondary N) is 1. The predicted molar refractivity (Wildman–Crippen MR) is 152 cm³/mol. The van der Waals surface area contributed by atoms with Crippen LogP contribution in [0.1, 0.15) is 49.1 Å². The molecule has 1 fully saturated rings. The lowest BCUT2D eigenvalue weighted by Gasteiger charge is -2.26. The van der Waals surface area contributed by atoms with E-state index in [2.05, 4.69) is 16.9 Å². The average molecular weight is 596 g/mol. The van der Waals surface area contributed by atoms with Gasteiger partial charge in [-0.15, -0.1) is 0 Å². The molecule has 11 heteroatoms. The van der Waals surface area contributed by atoms with Gasteiger partial charge in [0, 0.05) is 17.6 Å². The van der Waals surface area contributed by atoms with Gasteiger partial charge in [-0.05, 0) is 73.1 Å². The molecule has 1 aliphatic rings. The van der Waals surface area contributed by atoms with Crippen LogP contribution in [-0.2, 0) is 11.3 Å². The minimum Gasteiger partial charge on any atom is -0.330 e. The molecule has 40 heavy (non-hydrogen) atoms. The monoisotopic (exact) mass is 595 g/mol. The molecule has 1 aliphatic carbocycles. The summed E-state index contributed by atoms with van der Waals surface area (Å²) in [6, 6.07) is 15.4. The second-order valence-electron chi connectivity index (χ2n) is 9.69. The third-order valence-electron chi connectivity index (χ3n) is 6.87. The third kappa shape index (κ3) is 7.11. The Morgan fingerprint density at radius 1 is 0.850 bits per heavy atom. The van der Waals surface area contributed by atoms with Crippen LogP contribution in [0.2, 0.25) is 0 Å². The molecule has 0 heterocycles. The minimum absolute atomic E-state index is 0.236. The molecule has 0 atom stereocenters. The Morgan fingerprint density at radius 3 is 2.00 bits per heavy atom. The maximum Gasteiger partial charge on any atom is 0.242 e. The zero-order valence-electron chi connectivity index (χ0n) is 22.2. The van der Waals surface area contributed by atoms with Gasteiger partial charge in [0.2, 0.25) is 11.7 Å². The predicted octanol–water partition coefficient (Wildman–Crippen LogP) is 8.29. The molecule has 1 amide bonds. The van der Waals surface area contributed by atoms with Crippen molar-refractivity contribution in [2.45, 2.75) is 49.5 Å². The maximum atomic E-state index is 14.2. The van der Waals surface area contributed by atoms with Gasteiger partial charge >= 0.3 is 0 Å². The van der Waals surface area contributed by atoms with E-state index in [1.807, 2.05) is 30.5 Å². The molecule has 0 spiro atoms. The number of halogens is 5. The van der Waals surface area contributed by atoms with Crippen LogP contribution in [0.5, 0.6) is 0 Å². The summed E-state index contributed by atoms with van der Waals surface area (Å²) < 4.78 is 73.4. The van der Waals surface area contributed by atoms with Crippen molar-refractivity contribution in [3.63, 3.8) is 0 Å². The van der Waals surface area contributed by atoms with Crippen LogP contribution in [0, 0.1) is 29.1 Å². The van der Waals surface area contributed by atoms with Crippen molar-refractivity contribution < 1.29 is 26.7 Å². The lowest BCUT2D eigenvalue weighted by atomic mass is 9.84. The fourth-order valence-corrected chi connectivity index (χ4v) is 5.99. The smallest absolute Gasteiger partial charge is 0.242 e. The van der Waals surface area contributed by atoms with Gasteiger partial charge in [-0.3, -0.25) is 4.79 Å². The summed E-state index contributed by atoms with van der Waals surface area (Å²) in [7, 11) is 1.35. The molecular weight excluding hydrogens is 565 g/mol. The Kier molecular flexibility index (Phi) is 10.4.